The zero-order valence-corrected chi connectivity index (χ0v) is 10.5. The summed E-state index contributed by atoms with van der Waals surface area (Å²) in [6, 6.07) is 5.35. The molecule has 0 aromatic heterocycles. The van der Waals surface area contributed by atoms with Gasteiger partial charge in [-0.1, -0.05) is 20.3 Å². The summed E-state index contributed by atoms with van der Waals surface area (Å²) in [4.78, 5) is 0. The lowest BCUT2D eigenvalue weighted by Crippen LogP contribution is -2.34. The van der Waals surface area contributed by atoms with E-state index in [1.165, 1.54) is 0 Å². The first-order chi connectivity index (χ1) is 8.15. The van der Waals surface area contributed by atoms with Crippen LogP contribution in [-0.4, -0.2) is 17.8 Å². The molecule has 0 amide bonds. The van der Waals surface area contributed by atoms with Gasteiger partial charge in [-0.15, -0.1) is 0 Å². The van der Waals surface area contributed by atoms with Crippen molar-refractivity contribution in [2.24, 2.45) is 11.7 Å². The highest BCUT2D eigenvalue weighted by atomic mass is 16.5. The Labute approximate surface area is 103 Å². The number of hydrogen-bond acceptors (Lipinski definition) is 3. The third-order valence-corrected chi connectivity index (χ3v) is 3.80. The van der Waals surface area contributed by atoms with Crippen LogP contribution >= 0.6 is 0 Å². The van der Waals surface area contributed by atoms with E-state index in [0.29, 0.717) is 24.1 Å². The number of nitrogens with two attached hydrogens (primary N) is 1. The van der Waals surface area contributed by atoms with Gasteiger partial charge in [0.1, 0.15) is 17.6 Å². The fourth-order valence-electron chi connectivity index (χ4n) is 2.54. The lowest BCUT2D eigenvalue weighted by atomic mass is 9.79. The highest BCUT2D eigenvalue weighted by molar-refractivity contribution is 5.43. The van der Waals surface area contributed by atoms with Gasteiger partial charge in [-0.2, -0.15) is 0 Å². The van der Waals surface area contributed by atoms with Crippen molar-refractivity contribution in [1.29, 1.82) is 0 Å². The first-order valence-electron chi connectivity index (χ1n) is 6.35. The van der Waals surface area contributed by atoms with Gasteiger partial charge in [-0.05, 0) is 36.5 Å². The Hall–Kier alpha value is -1.22. The van der Waals surface area contributed by atoms with Crippen LogP contribution in [0.3, 0.4) is 0 Å². The van der Waals surface area contributed by atoms with Gasteiger partial charge in [0.2, 0.25) is 0 Å². The maximum Gasteiger partial charge on any atom is 0.123 e. The monoisotopic (exact) mass is 235 g/mol. The van der Waals surface area contributed by atoms with Crippen LogP contribution in [0, 0.1) is 5.92 Å². The molecule has 17 heavy (non-hydrogen) atoms. The minimum Gasteiger partial charge on any atom is -0.508 e. The van der Waals surface area contributed by atoms with Crippen LogP contribution in [0.25, 0.3) is 0 Å². The molecule has 0 radical (unpaired) electrons. The van der Waals surface area contributed by atoms with Crippen molar-refractivity contribution in [1.82, 2.24) is 0 Å². The molecule has 1 heterocycles. The molecule has 1 aromatic rings. The van der Waals surface area contributed by atoms with Gasteiger partial charge >= 0.3 is 0 Å². The summed E-state index contributed by atoms with van der Waals surface area (Å²) in [5.74, 6) is 2.21. The summed E-state index contributed by atoms with van der Waals surface area (Å²) in [7, 11) is 0. The molecule has 3 atom stereocenters. The van der Waals surface area contributed by atoms with Crippen LogP contribution in [0.5, 0.6) is 11.5 Å². The summed E-state index contributed by atoms with van der Waals surface area (Å²) < 4.78 is 5.82. The molecule has 2 rings (SSSR count). The Kier molecular flexibility index (Phi) is 3.57. The lowest BCUT2D eigenvalue weighted by molar-refractivity contribution is 0.149. The second-order valence-corrected chi connectivity index (χ2v) is 4.93. The third kappa shape index (κ3) is 2.39. The van der Waals surface area contributed by atoms with Crippen molar-refractivity contribution < 1.29 is 9.84 Å². The van der Waals surface area contributed by atoms with E-state index in [2.05, 4.69) is 13.8 Å². The predicted molar refractivity (Wildman–Crippen MR) is 68.4 cm³/mol. The minimum absolute atomic E-state index is 0.103. The summed E-state index contributed by atoms with van der Waals surface area (Å²) >= 11 is 0. The number of phenolic OH excluding ortho intramolecular Hbond substituents is 1. The van der Waals surface area contributed by atoms with Gasteiger partial charge in [-0.3, -0.25) is 0 Å². The van der Waals surface area contributed by atoms with Crippen molar-refractivity contribution in [2.75, 3.05) is 6.54 Å². The minimum atomic E-state index is 0.103. The average Bonchev–Trinajstić information content (AvgIpc) is 2.36. The molecule has 3 unspecified atom stereocenters. The molecule has 3 heteroatoms. The molecule has 1 aliphatic rings. The van der Waals surface area contributed by atoms with Gasteiger partial charge < -0.3 is 15.6 Å². The second kappa shape index (κ2) is 4.96. The molecule has 3 N–H and O–H groups in total. The molecule has 94 valence electrons. The zero-order chi connectivity index (χ0) is 12.4. The van der Waals surface area contributed by atoms with Gasteiger partial charge in [0.15, 0.2) is 0 Å². The summed E-state index contributed by atoms with van der Waals surface area (Å²) in [6.45, 7) is 4.99. The quantitative estimate of drug-likeness (QED) is 0.846. The maximum atomic E-state index is 9.60. The van der Waals surface area contributed by atoms with E-state index in [9.17, 15) is 5.11 Å². The molecule has 1 aliphatic heterocycles. The standard InChI is InChI=1S/C14H21NO2/c1-3-9(2)12-7-11(8-15)17-14-5-4-10(16)6-13(12)14/h4-6,9,11-12,16H,3,7-8,15H2,1-2H3. The summed E-state index contributed by atoms with van der Waals surface area (Å²) in [5.41, 5.74) is 6.85. The van der Waals surface area contributed by atoms with Crippen molar-refractivity contribution in [2.45, 2.75) is 38.7 Å². The predicted octanol–water partition coefficient (Wildman–Crippen LogP) is 2.63. The van der Waals surface area contributed by atoms with Crippen molar-refractivity contribution in [3.8, 4) is 11.5 Å². The Morgan fingerprint density at radius 1 is 1.53 bits per heavy atom. The number of fused-ring (bicyclic) bond motifs is 1. The highest BCUT2D eigenvalue weighted by Gasteiger charge is 2.30. The van der Waals surface area contributed by atoms with E-state index in [0.717, 1.165) is 24.2 Å². The average molecular weight is 235 g/mol. The number of hydrogen-bond donors (Lipinski definition) is 2. The molecular formula is C14H21NO2. The molecule has 0 spiro atoms. The topological polar surface area (TPSA) is 55.5 Å². The first-order valence-corrected chi connectivity index (χ1v) is 6.35. The van der Waals surface area contributed by atoms with Crippen LogP contribution in [-0.2, 0) is 0 Å². The van der Waals surface area contributed by atoms with Gasteiger partial charge in [0.25, 0.3) is 0 Å². The van der Waals surface area contributed by atoms with Crippen LogP contribution < -0.4 is 10.5 Å². The molecule has 1 aromatic carbocycles. The lowest BCUT2D eigenvalue weighted by Gasteiger charge is -2.34. The van der Waals surface area contributed by atoms with E-state index in [1.807, 2.05) is 12.1 Å². The zero-order valence-electron chi connectivity index (χ0n) is 10.5. The largest absolute Gasteiger partial charge is 0.508 e. The SMILES string of the molecule is CCC(C)C1CC(CN)Oc2ccc(O)cc21. The first kappa shape index (κ1) is 12.2. The van der Waals surface area contributed by atoms with Gasteiger partial charge in [-0.25, -0.2) is 0 Å². The van der Waals surface area contributed by atoms with E-state index >= 15 is 0 Å². The van der Waals surface area contributed by atoms with E-state index < -0.39 is 0 Å². The maximum absolute atomic E-state index is 9.60. The Morgan fingerprint density at radius 3 is 2.94 bits per heavy atom. The number of phenols is 1. The molecule has 0 fully saturated rings. The van der Waals surface area contributed by atoms with Crippen molar-refractivity contribution >= 4 is 0 Å². The molecule has 0 aliphatic carbocycles. The Morgan fingerprint density at radius 2 is 2.29 bits per heavy atom. The molecule has 0 bridgehead atoms. The highest BCUT2D eigenvalue weighted by Crippen LogP contribution is 2.42. The van der Waals surface area contributed by atoms with Crippen molar-refractivity contribution in [3.63, 3.8) is 0 Å². The van der Waals surface area contributed by atoms with Crippen LogP contribution in [0.15, 0.2) is 18.2 Å². The molecule has 0 saturated heterocycles. The van der Waals surface area contributed by atoms with Crippen LogP contribution in [0.2, 0.25) is 0 Å². The Bertz CT molecular complexity index is 392. The third-order valence-electron chi connectivity index (χ3n) is 3.80. The van der Waals surface area contributed by atoms with E-state index in [4.69, 9.17) is 10.5 Å². The van der Waals surface area contributed by atoms with Gasteiger partial charge in [0.05, 0.1) is 0 Å². The van der Waals surface area contributed by atoms with Crippen LogP contribution in [0.1, 0.15) is 38.2 Å². The fraction of sp³-hybridized carbons (Fsp3) is 0.571. The second-order valence-electron chi connectivity index (χ2n) is 4.93. The molecule has 3 nitrogen and oxygen atoms in total. The van der Waals surface area contributed by atoms with Crippen LogP contribution in [0.4, 0.5) is 0 Å². The van der Waals surface area contributed by atoms with E-state index in [1.54, 1.807) is 6.07 Å². The number of rotatable bonds is 3. The van der Waals surface area contributed by atoms with Crippen molar-refractivity contribution in [3.05, 3.63) is 23.8 Å². The normalized spacial score (nSPS) is 24.9. The number of ether oxygens (including phenoxy) is 1. The van der Waals surface area contributed by atoms with Gasteiger partial charge in [0, 0.05) is 12.1 Å². The Balaban J connectivity index is 2.37. The fourth-order valence-corrected chi connectivity index (χ4v) is 2.54. The molecular weight excluding hydrogens is 214 g/mol. The molecule has 0 saturated carbocycles. The summed E-state index contributed by atoms with van der Waals surface area (Å²) in [5, 5.41) is 9.60. The number of benzene rings is 1. The summed E-state index contributed by atoms with van der Waals surface area (Å²) in [6.07, 6.45) is 2.17. The van der Waals surface area contributed by atoms with E-state index in [-0.39, 0.29) is 6.10 Å². The number of aromatic hydroxyl groups is 1. The smallest absolute Gasteiger partial charge is 0.123 e.